The van der Waals surface area contributed by atoms with E-state index in [2.05, 4.69) is 108 Å². The van der Waals surface area contributed by atoms with Gasteiger partial charge in [-0.05, 0) is 103 Å². The highest BCUT2D eigenvalue weighted by Crippen LogP contribution is 2.39. The van der Waals surface area contributed by atoms with Gasteiger partial charge in [0.1, 0.15) is 6.34 Å². The Morgan fingerprint density at radius 3 is 2.18 bits per heavy atom. The smallest absolute Gasteiger partial charge is 0.239 e. The van der Waals surface area contributed by atoms with Gasteiger partial charge in [0, 0.05) is 57.7 Å². The molecule has 1 saturated heterocycles. The van der Waals surface area contributed by atoms with E-state index in [0.29, 0.717) is 17.8 Å². The summed E-state index contributed by atoms with van der Waals surface area (Å²) in [4.78, 5) is 23.8. The van der Waals surface area contributed by atoms with Gasteiger partial charge in [0.2, 0.25) is 11.9 Å². The van der Waals surface area contributed by atoms with Crippen LogP contribution >= 0.6 is 22.7 Å². The van der Waals surface area contributed by atoms with E-state index in [1.54, 1.807) is 29.0 Å². The molecule has 0 unspecified atom stereocenters. The summed E-state index contributed by atoms with van der Waals surface area (Å²) in [5.74, 6) is 1.75. The first-order chi connectivity index (χ1) is 24.2. The highest BCUT2D eigenvalue weighted by Gasteiger charge is 2.32. The average molecular weight is 683 g/mol. The molecule has 1 saturated carbocycles. The molecule has 0 bridgehead atoms. The van der Waals surface area contributed by atoms with Crippen LogP contribution in [0.3, 0.4) is 0 Å². The van der Waals surface area contributed by atoms with Crippen LogP contribution in [0, 0.1) is 0 Å². The number of allylic oxidation sites excluding steroid dienone is 2. The zero-order chi connectivity index (χ0) is 32.6. The summed E-state index contributed by atoms with van der Waals surface area (Å²) in [7, 11) is 0. The fourth-order valence-electron chi connectivity index (χ4n) is 7.50. The summed E-state index contributed by atoms with van der Waals surface area (Å²) in [5.41, 5.74) is 11.6. The van der Waals surface area contributed by atoms with E-state index in [4.69, 9.17) is 9.98 Å². The molecule has 2 N–H and O–H groups in total. The minimum absolute atomic E-state index is 0.572. The molecule has 1 aliphatic carbocycles. The fraction of sp³-hybridized carbons (Fsp3) is 0.282. The normalized spacial score (nSPS) is 19.0. The number of anilines is 5. The molecule has 8 nitrogen and oxygen atoms in total. The van der Waals surface area contributed by atoms with Crippen molar-refractivity contribution < 1.29 is 0 Å². The summed E-state index contributed by atoms with van der Waals surface area (Å²) < 4.78 is 0. The lowest BCUT2D eigenvalue weighted by Gasteiger charge is -2.32. The molecule has 5 aliphatic rings. The van der Waals surface area contributed by atoms with Crippen LogP contribution in [0.25, 0.3) is 5.70 Å². The molecule has 0 spiro atoms. The number of piperidine rings is 1. The monoisotopic (exact) mass is 682 g/mol. The summed E-state index contributed by atoms with van der Waals surface area (Å²) in [6.07, 6.45) is 16.1. The van der Waals surface area contributed by atoms with Crippen molar-refractivity contribution in [3.8, 4) is 0 Å². The van der Waals surface area contributed by atoms with Gasteiger partial charge in [0.05, 0.1) is 22.8 Å². The van der Waals surface area contributed by atoms with Gasteiger partial charge in [-0.3, -0.25) is 0 Å². The minimum Gasteiger partial charge on any atom is -0.371 e. The summed E-state index contributed by atoms with van der Waals surface area (Å²) >= 11 is 3.38. The molecular formula is C39H38N8S2. The highest BCUT2D eigenvalue weighted by atomic mass is 32.1. The lowest BCUT2D eigenvalue weighted by Crippen LogP contribution is -2.40. The van der Waals surface area contributed by atoms with Crippen LogP contribution in [0.4, 0.5) is 28.4 Å². The zero-order valence-electron chi connectivity index (χ0n) is 27.3. The molecule has 2 aromatic heterocycles. The van der Waals surface area contributed by atoms with Gasteiger partial charge in [0.15, 0.2) is 0 Å². The number of rotatable bonds is 8. The molecule has 2 aromatic carbocycles. The molecule has 0 amide bonds. The molecule has 4 aliphatic heterocycles. The Morgan fingerprint density at radius 2 is 1.43 bits per heavy atom. The second kappa shape index (κ2) is 13.2. The topological polar surface area (TPSA) is 80.0 Å². The number of nitrogens with zero attached hydrogens (tertiary/aromatic N) is 6. The van der Waals surface area contributed by atoms with Crippen LogP contribution in [0.15, 0.2) is 108 Å². The molecular weight excluding hydrogens is 645 g/mol. The standard InChI is InChI=1S/C39H38N8S2/c1-3-7-26(8-4-1)27-9-11-32(34(19-27)42-28-13-17-48-23-28)36-21-31-22-37(45-39-41-25-40-38(44-36)47(31)39)33-12-10-30(46-15-5-2-6-16-46)20-35(33)43-29-14-18-49-24-29/h9-14,17-26,42-43H,1-8,15-16H2. The first kappa shape index (κ1) is 30.3. The average Bonchev–Trinajstić information content (AvgIpc) is 3.87. The van der Waals surface area contributed by atoms with Gasteiger partial charge in [-0.2, -0.15) is 22.7 Å². The molecule has 49 heavy (non-hydrogen) atoms. The van der Waals surface area contributed by atoms with E-state index in [1.165, 1.54) is 62.6 Å². The maximum Gasteiger partial charge on any atom is 0.239 e. The van der Waals surface area contributed by atoms with E-state index in [1.807, 2.05) is 4.90 Å². The van der Waals surface area contributed by atoms with Crippen molar-refractivity contribution in [3.05, 3.63) is 105 Å². The molecule has 2 fully saturated rings. The zero-order valence-corrected chi connectivity index (χ0v) is 28.9. The Kier molecular flexibility index (Phi) is 8.19. The van der Waals surface area contributed by atoms with E-state index < -0.39 is 0 Å². The number of benzene rings is 2. The Hall–Kier alpha value is -4.80. The molecule has 9 rings (SSSR count). The molecule has 246 valence electrons. The predicted molar refractivity (Wildman–Crippen MR) is 208 cm³/mol. The quantitative estimate of drug-likeness (QED) is 0.194. The second-order valence-corrected chi connectivity index (χ2v) is 14.8. The Balaban J connectivity index is 1.12. The van der Waals surface area contributed by atoms with Gasteiger partial charge in [-0.1, -0.05) is 31.4 Å². The number of guanidine groups is 2. The van der Waals surface area contributed by atoms with Crippen molar-refractivity contribution >= 4 is 80.8 Å². The maximum atomic E-state index is 5.08. The van der Waals surface area contributed by atoms with Crippen LogP contribution in [0.5, 0.6) is 0 Å². The van der Waals surface area contributed by atoms with E-state index in [-0.39, 0.29) is 0 Å². The van der Waals surface area contributed by atoms with E-state index >= 15 is 0 Å². The van der Waals surface area contributed by atoms with Gasteiger partial charge in [-0.15, -0.1) is 0 Å². The van der Waals surface area contributed by atoms with Crippen LogP contribution < -0.4 is 15.5 Å². The number of nitrogens with one attached hydrogen (secondary N) is 2. The summed E-state index contributed by atoms with van der Waals surface area (Å²) in [6, 6.07) is 17.9. The van der Waals surface area contributed by atoms with Gasteiger partial charge in [0.25, 0.3) is 0 Å². The minimum atomic E-state index is 0.572. The second-order valence-electron chi connectivity index (χ2n) is 13.2. The Labute approximate surface area is 295 Å². The Bertz CT molecular complexity index is 1940. The van der Waals surface area contributed by atoms with Crippen LogP contribution in [-0.4, -0.2) is 42.0 Å². The maximum absolute atomic E-state index is 5.08. The van der Waals surface area contributed by atoms with E-state index in [0.717, 1.165) is 64.1 Å². The van der Waals surface area contributed by atoms with Crippen molar-refractivity contribution in [2.24, 2.45) is 20.0 Å². The molecule has 0 atom stereocenters. The Morgan fingerprint density at radius 1 is 0.694 bits per heavy atom. The lowest BCUT2D eigenvalue weighted by atomic mass is 9.83. The van der Waals surface area contributed by atoms with Crippen LogP contribution in [0.1, 0.15) is 74.0 Å². The highest BCUT2D eigenvalue weighted by molar-refractivity contribution is 7.08. The van der Waals surface area contributed by atoms with Crippen molar-refractivity contribution in [2.75, 3.05) is 28.6 Å². The molecule has 10 heteroatoms. The largest absolute Gasteiger partial charge is 0.371 e. The molecule has 4 aromatic rings. The van der Waals surface area contributed by atoms with Gasteiger partial charge in [-0.25, -0.2) is 24.9 Å². The lowest BCUT2D eigenvalue weighted by molar-refractivity contribution is 0.444. The first-order valence-corrected chi connectivity index (χ1v) is 19.3. The van der Waals surface area contributed by atoms with Crippen molar-refractivity contribution in [1.29, 1.82) is 0 Å². The summed E-state index contributed by atoms with van der Waals surface area (Å²) in [6.45, 7) is 2.18. The van der Waals surface area contributed by atoms with E-state index in [9.17, 15) is 0 Å². The fourth-order valence-corrected chi connectivity index (χ4v) is 8.68. The van der Waals surface area contributed by atoms with Crippen LogP contribution in [0.2, 0.25) is 0 Å². The number of hydrogen-bond acceptors (Lipinski definition) is 10. The van der Waals surface area contributed by atoms with Crippen LogP contribution in [-0.2, 0) is 0 Å². The third-order valence-corrected chi connectivity index (χ3v) is 11.4. The first-order valence-electron chi connectivity index (χ1n) is 17.4. The molecule has 0 radical (unpaired) electrons. The number of hydrogen-bond donors (Lipinski definition) is 2. The summed E-state index contributed by atoms with van der Waals surface area (Å²) in [5, 5.41) is 15.9. The third kappa shape index (κ3) is 6.15. The molecule has 6 heterocycles. The van der Waals surface area contributed by atoms with Crippen molar-refractivity contribution in [2.45, 2.75) is 57.3 Å². The van der Waals surface area contributed by atoms with Crippen molar-refractivity contribution in [3.63, 3.8) is 0 Å². The van der Waals surface area contributed by atoms with Gasteiger partial charge >= 0.3 is 0 Å². The third-order valence-electron chi connectivity index (χ3n) is 10.0. The van der Waals surface area contributed by atoms with Gasteiger partial charge < -0.3 is 15.5 Å². The number of aliphatic imine (C=N–C) groups is 4. The predicted octanol–water partition coefficient (Wildman–Crippen LogP) is 10.1. The number of thiophene rings is 2. The van der Waals surface area contributed by atoms with Crippen molar-refractivity contribution in [1.82, 2.24) is 4.90 Å². The SMILES string of the molecule is C1=NC2=NC(c3ccc(N4CCCCC4)cc3Nc3ccsc3)=CC3=CC(c4ccc(C5CCCCC5)cc4Nc4ccsc4)=NC(=N1)N32.